The molecule has 1 aliphatic rings. The molecule has 1 aliphatic carbocycles. The highest BCUT2D eigenvalue weighted by Crippen LogP contribution is 2.50. The summed E-state index contributed by atoms with van der Waals surface area (Å²) in [7, 11) is 1.87. The van der Waals surface area contributed by atoms with Crippen molar-refractivity contribution < 1.29 is 4.92 Å². The Morgan fingerprint density at radius 2 is 2.18 bits per heavy atom. The molecule has 0 bridgehead atoms. The average molecular weight is 299 g/mol. The van der Waals surface area contributed by atoms with E-state index in [1.165, 1.54) is 5.56 Å². The molecule has 5 heteroatoms. The molecule has 5 nitrogen and oxygen atoms in total. The first-order valence-corrected chi connectivity index (χ1v) is 7.63. The third-order valence-electron chi connectivity index (χ3n) is 4.81. The van der Waals surface area contributed by atoms with Crippen molar-refractivity contribution in [1.29, 1.82) is 0 Å². The summed E-state index contributed by atoms with van der Waals surface area (Å²) in [5.41, 5.74) is 3.96. The molecule has 0 fully saturated rings. The number of hydrogen-bond donors (Lipinski definition) is 0. The standard InChI is InChI=1S/C17H21N3O2/c1-5-14-12-7-13(15-9-19(4)10-18-15)16(20(21)22)6-11(12)8-17(14,2)3/h6-7,9-10,14H,5,8H2,1-4H3. The first-order valence-electron chi connectivity index (χ1n) is 7.63. The largest absolute Gasteiger partial charge is 0.340 e. The minimum Gasteiger partial charge on any atom is -0.340 e. The zero-order valence-corrected chi connectivity index (χ0v) is 13.5. The summed E-state index contributed by atoms with van der Waals surface area (Å²) in [6.45, 7) is 6.67. The van der Waals surface area contributed by atoms with Crippen LogP contribution in [0.4, 0.5) is 5.69 Å². The van der Waals surface area contributed by atoms with E-state index in [1.807, 2.05) is 23.9 Å². The second-order valence-corrected chi connectivity index (χ2v) is 6.88. The van der Waals surface area contributed by atoms with Crippen LogP contribution in [-0.2, 0) is 13.5 Å². The predicted molar refractivity (Wildman–Crippen MR) is 85.8 cm³/mol. The van der Waals surface area contributed by atoms with E-state index in [1.54, 1.807) is 12.4 Å². The van der Waals surface area contributed by atoms with E-state index in [0.717, 1.165) is 18.4 Å². The molecule has 0 radical (unpaired) electrons. The Kier molecular flexibility index (Phi) is 3.31. The maximum atomic E-state index is 11.5. The van der Waals surface area contributed by atoms with Crippen molar-refractivity contribution in [1.82, 2.24) is 9.55 Å². The molecule has 0 saturated heterocycles. The lowest BCUT2D eigenvalue weighted by atomic mass is 9.78. The molecular formula is C17H21N3O2. The van der Waals surface area contributed by atoms with Gasteiger partial charge in [0.1, 0.15) is 0 Å². The van der Waals surface area contributed by atoms with Crippen LogP contribution in [0.2, 0.25) is 0 Å². The molecule has 0 saturated carbocycles. The zero-order valence-electron chi connectivity index (χ0n) is 13.5. The SMILES string of the molecule is CCC1c2cc(-c3cn(C)cn3)c([N+](=O)[O-])cc2CC1(C)C. The van der Waals surface area contributed by atoms with Crippen molar-refractivity contribution in [2.24, 2.45) is 12.5 Å². The number of nitro benzene ring substituents is 1. The lowest BCUT2D eigenvalue weighted by molar-refractivity contribution is -0.384. The van der Waals surface area contributed by atoms with Crippen LogP contribution in [-0.4, -0.2) is 14.5 Å². The molecule has 1 heterocycles. The number of rotatable bonds is 3. The first kappa shape index (κ1) is 14.8. The van der Waals surface area contributed by atoms with Crippen molar-refractivity contribution in [3.05, 3.63) is 45.9 Å². The van der Waals surface area contributed by atoms with Crippen molar-refractivity contribution >= 4 is 5.69 Å². The van der Waals surface area contributed by atoms with E-state index < -0.39 is 0 Å². The van der Waals surface area contributed by atoms with Crippen LogP contribution in [0, 0.1) is 15.5 Å². The van der Waals surface area contributed by atoms with Crippen LogP contribution in [0.5, 0.6) is 0 Å². The highest BCUT2D eigenvalue weighted by molar-refractivity contribution is 5.73. The lowest BCUT2D eigenvalue weighted by Crippen LogP contribution is -2.16. The second-order valence-electron chi connectivity index (χ2n) is 6.88. The fourth-order valence-corrected chi connectivity index (χ4v) is 3.84. The van der Waals surface area contributed by atoms with Crippen LogP contribution in [0.1, 0.15) is 44.2 Å². The molecule has 2 aromatic rings. The smallest absolute Gasteiger partial charge is 0.279 e. The minimum atomic E-state index is -0.295. The summed E-state index contributed by atoms with van der Waals surface area (Å²) in [5, 5.41) is 11.5. The summed E-state index contributed by atoms with van der Waals surface area (Å²) in [6.07, 6.45) is 5.44. The maximum Gasteiger partial charge on any atom is 0.279 e. The van der Waals surface area contributed by atoms with E-state index in [4.69, 9.17) is 0 Å². The van der Waals surface area contributed by atoms with Crippen molar-refractivity contribution in [2.45, 2.75) is 39.5 Å². The Morgan fingerprint density at radius 3 is 2.73 bits per heavy atom. The van der Waals surface area contributed by atoms with Gasteiger partial charge in [0.2, 0.25) is 0 Å². The fourth-order valence-electron chi connectivity index (χ4n) is 3.84. The number of nitro groups is 1. The third kappa shape index (κ3) is 2.21. The van der Waals surface area contributed by atoms with Gasteiger partial charge in [0.05, 0.1) is 22.5 Å². The number of hydrogen-bond acceptors (Lipinski definition) is 3. The van der Waals surface area contributed by atoms with Gasteiger partial charge in [-0.05, 0) is 41.4 Å². The molecule has 1 aromatic carbocycles. The molecule has 3 rings (SSSR count). The molecule has 0 N–H and O–H groups in total. The molecule has 116 valence electrons. The lowest BCUT2D eigenvalue weighted by Gasteiger charge is -2.26. The van der Waals surface area contributed by atoms with Crippen LogP contribution in [0.15, 0.2) is 24.7 Å². The van der Waals surface area contributed by atoms with Gasteiger partial charge in [0.15, 0.2) is 0 Å². The molecule has 0 amide bonds. The molecule has 1 unspecified atom stereocenters. The number of aryl methyl sites for hydroxylation is 1. The van der Waals surface area contributed by atoms with E-state index in [-0.39, 0.29) is 16.0 Å². The maximum absolute atomic E-state index is 11.5. The van der Waals surface area contributed by atoms with Crippen LogP contribution < -0.4 is 0 Å². The normalized spacial score (nSPS) is 19.2. The summed E-state index contributed by atoms with van der Waals surface area (Å²) in [4.78, 5) is 15.5. The molecule has 1 atom stereocenters. The first-order chi connectivity index (χ1) is 10.3. The zero-order chi connectivity index (χ0) is 16.1. The molecule has 0 aliphatic heterocycles. The van der Waals surface area contributed by atoms with Crippen LogP contribution in [0.25, 0.3) is 11.3 Å². The van der Waals surface area contributed by atoms with Gasteiger partial charge in [0, 0.05) is 19.3 Å². The Hall–Kier alpha value is -2.17. The number of nitrogens with zero attached hydrogens (tertiary/aromatic N) is 3. The van der Waals surface area contributed by atoms with E-state index >= 15 is 0 Å². The van der Waals surface area contributed by atoms with E-state index in [0.29, 0.717) is 17.2 Å². The van der Waals surface area contributed by atoms with Gasteiger partial charge in [-0.25, -0.2) is 4.98 Å². The third-order valence-corrected chi connectivity index (χ3v) is 4.81. The monoisotopic (exact) mass is 299 g/mol. The van der Waals surface area contributed by atoms with E-state index in [9.17, 15) is 10.1 Å². The Morgan fingerprint density at radius 1 is 1.45 bits per heavy atom. The van der Waals surface area contributed by atoms with Crippen LogP contribution >= 0.6 is 0 Å². The Balaban J connectivity index is 2.21. The average Bonchev–Trinajstić information content (AvgIpc) is 2.96. The van der Waals surface area contributed by atoms with Crippen molar-refractivity contribution in [3.63, 3.8) is 0 Å². The summed E-state index contributed by atoms with van der Waals surface area (Å²) in [5.74, 6) is 0.436. The number of imidazole rings is 1. The number of aromatic nitrogens is 2. The highest BCUT2D eigenvalue weighted by atomic mass is 16.6. The predicted octanol–water partition coefficient (Wildman–Crippen LogP) is 4.07. The quantitative estimate of drug-likeness (QED) is 0.634. The Bertz CT molecular complexity index is 746. The summed E-state index contributed by atoms with van der Waals surface area (Å²) >= 11 is 0. The van der Waals surface area contributed by atoms with Gasteiger partial charge in [-0.3, -0.25) is 10.1 Å². The van der Waals surface area contributed by atoms with Gasteiger partial charge >= 0.3 is 0 Å². The minimum absolute atomic E-state index is 0.147. The van der Waals surface area contributed by atoms with Gasteiger partial charge in [-0.15, -0.1) is 0 Å². The topological polar surface area (TPSA) is 61.0 Å². The Labute approximate surface area is 130 Å². The second kappa shape index (κ2) is 4.93. The van der Waals surface area contributed by atoms with Gasteiger partial charge in [-0.2, -0.15) is 0 Å². The molecule has 22 heavy (non-hydrogen) atoms. The van der Waals surface area contributed by atoms with Crippen molar-refractivity contribution in [3.8, 4) is 11.3 Å². The fraction of sp³-hybridized carbons (Fsp3) is 0.471. The van der Waals surface area contributed by atoms with Crippen molar-refractivity contribution in [2.75, 3.05) is 0 Å². The number of benzene rings is 1. The molecule has 0 spiro atoms. The summed E-state index contributed by atoms with van der Waals surface area (Å²) in [6, 6.07) is 3.76. The van der Waals surface area contributed by atoms with Crippen LogP contribution in [0.3, 0.4) is 0 Å². The molecular weight excluding hydrogens is 278 g/mol. The number of fused-ring (bicyclic) bond motifs is 1. The van der Waals surface area contributed by atoms with Gasteiger partial charge in [-0.1, -0.05) is 20.8 Å². The highest BCUT2D eigenvalue weighted by Gasteiger charge is 2.39. The summed E-state index contributed by atoms with van der Waals surface area (Å²) < 4.78 is 1.81. The van der Waals surface area contributed by atoms with Gasteiger partial charge in [0.25, 0.3) is 5.69 Å². The van der Waals surface area contributed by atoms with Gasteiger partial charge < -0.3 is 4.57 Å². The van der Waals surface area contributed by atoms with E-state index in [2.05, 4.69) is 25.8 Å². The molecule has 1 aromatic heterocycles.